The molecule has 2 rings (SSSR count). The molecule has 0 bridgehead atoms. The van der Waals surface area contributed by atoms with Crippen LogP contribution in [0, 0.1) is 0 Å². The van der Waals surface area contributed by atoms with Gasteiger partial charge in [-0.1, -0.05) is 12.8 Å². The van der Waals surface area contributed by atoms with Gasteiger partial charge in [0.1, 0.15) is 19.0 Å². The molecule has 1 heterocycles. The summed E-state index contributed by atoms with van der Waals surface area (Å²) < 4.78 is 1.67. The second-order valence-electron chi connectivity index (χ2n) is 4.18. The fourth-order valence-corrected chi connectivity index (χ4v) is 2.13. The summed E-state index contributed by atoms with van der Waals surface area (Å²) in [6, 6.07) is 0.341. The number of imidazole rings is 1. The fourth-order valence-electron chi connectivity index (χ4n) is 2.13. The minimum Gasteiger partial charge on any atom is -0.388 e. The summed E-state index contributed by atoms with van der Waals surface area (Å²) in [5.41, 5.74) is 0. The summed E-state index contributed by atoms with van der Waals surface area (Å²) in [6.45, 7) is 0.107. The molecular formula is C11H17N3O2. The maximum atomic E-state index is 11.7. The number of nitrogens with one attached hydrogen (secondary N) is 1. The lowest BCUT2D eigenvalue weighted by Gasteiger charge is -2.12. The molecule has 1 amide bonds. The van der Waals surface area contributed by atoms with Gasteiger partial charge in [-0.05, 0) is 12.8 Å². The number of carbonyl (C=O) groups is 1. The number of aliphatic hydroxyl groups is 1. The molecule has 0 atom stereocenters. The molecular weight excluding hydrogens is 206 g/mol. The largest absolute Gasteiger partial charge is 0.388 e. The summed E-state index contributed by atoms with van der Waals surface area (Å²) in [5.74, 6) is 0.529. The van der Waals surface area contributed by atoms with Gasteiger partial charge in [0.2, 0.25) is 5.91 Å². The Bertz CT molecular complexity index is 356. The minimum absolute atomic E-state index is 0.000370. The molecule has 2 N–H and O–H groups in total. The Kier molecular flexibility index (Phi) is 3.56. The van der Waals surface area contributed by atoms with E-state index in [0.717, 1.165) is 12.8 Å². The van der Waals surface area contributed by atoms with Gasteiger partial charge >= 0.3 is 0 Å². The Hall–Kier alpha value is -1.36. The fraction of sp³-hybridized carbons (Fsp3) is 0.636. The van der Waals surface area contributed by atoms with Gasteiger partial charge < -0.3 is 15.0 Å². The van der Waals surface area contributed by atoms with E-state index in [1.807, 2.05) is 0 Å². The summed E-state index contributed by atoms with van der Waals surface area (Å²) in [4.78, 5) is 15.6. The first-order valence-electron chi connectivity index (χ1n) is 5.70. The molecule has 5 nitrogen and oxygen atoms in total. The number of hydrogen-bond acceptors (Lipinski definition) is 3. The molecule has 0 saturated heterocycles. The van der Waals surface area contributed by atoms with Crippen LogP contribution in [0.4, 0.5) is 0 Å². The van der Waals surface area contributed by atoms with Crippen molar-refractivity contribution in [3.8, 4) is 0 Å². The molecule has 1 aliphatic rings. The van der Waals surface area contributed by atoms with Crippen LogP contribution in [-0.4, -0.2) is 26.6 Å². The summed E-state index contributed by atoms with van der Waals surface area (Å²) in [6.07, 6.45) is 7.88. The zero-order valence-electron chi connectivity index (χ0n) is 9.22. The first-order valence-corrected chi connectivity index (χ1v) is 5.70. The van der Waals surface area contributed by atoms with Gasteiger partial charge in [0, 0.05) is 18.4 Å². The van der Waals surface area contributed by atoms with Crippen LogP contribution in [0.1, 0.15) is 31.5 Å². The molecule has 5 heteroatoms. The lowest BCUT2D eigenvalue weighted by Crippen LogP contribution is -2.35. The van der Waals surface area contributed by atoms with Gasteiger partial charge in [-0.2, -0.15) is 0 Å². The second kappa shape index (κ2) is 5.12. The molecule has 0 aliphatic heterocycles. The van der Waals surface area contributed by atoms with Gasteiger partial charge in [0.05, 0.1) is 0 Å². The predicted octanol–water partition coefficient (Wildman–Crippen LogP) is 0.434. The third kappa shape index (κ3) is 2.61. The molecule has 1 aliphatic carbocycles. The van der Waals surface area contributed by atoms with E-state index in [9.17, 15) is 4.79 Å². The zero-order chi connectivity index (χ0) is 11.4. The highest BCUT2D eigenvalue weighted by Crippen LogP contribution is 2.17. The SMILES string of the molecule is O=C(Cn1ccnc1CO)NC1CCCC1. The topological polar surface area (TPSA) is 67.2 Å². The molecule has 0 radical (unpaired) electrons. The number of carbonyl (C=O) groups excluding carboxylic acids is 1. The van der Waals surface area contributed by atoms with Crippen LogP contribution in [0.15, 0.2) is 12.4 Å². The van der Waals surface area contributed by atoms with Gasteiger partial charge in [-0.3, -0.25) is 4.79 Å². The van der Waals surface area contributed by atoms with Crippen molar-refractivity contribution in [2.75, 3.05) is 0 Å². The first-order chi connectivity index (χ1) is 7.79. The molecule has 88 valence electrons. The van der Waals surface area contributed by atoms with E-state index >= 15 is 0 Å². The van der Waals surface area contributed by atoms with Crippen LogP contribution in [0.25, 0.3) is 0 Å². The van der Waals surface area contributed by atoms with Crippen LogP contribution in [0.2, 0.25) is 0 Å². The maximum Gasteiger partial charge on any atom is 0.240 e. The molecule has 16 heavy (non-hydrogen) atoms. The molecule has 1 aromatic rings. The van der Waals surface area contributed by atoms with Gasteiger partial charge in [-0.15, -0.1) is 0 Å². The van der Waals surface area contributed by atoms with Gasteiger partial charge in [-0.25, -0.2) is 4.98 Å². The van der Waals surface area contributed by atoms with Crippen molar-refractivity contribution in [2.24, 2.45) is 0 Å². The van der Waals surface area contributed by atoms with E-state index in [1.54, 1.807) is 17.0 Å². The van der Waals surface area contributed by atoms with E-state index in [4.69, 9.17) is 5.11 Å². The zero-order valence-corrected chi connectivity index (χ0v) is 9.22. The standard InChI is InChI=1S/C11H17N3O2/c15-8-10-12-5-6-14(10)7-11(16)13-9-3-1-2-4-9/h5-6,9,15H,1-4,7-8H2,(H,13,16). The third-order valence-corrected chi connectivity index (χ3v) is 2.98. The Balaban J connectivity index is 1.86. The summed E-state index contributed by atoms with van der Waals surface area (Å²) in [5, 5.41) is 12.0. The number of aliphatic hydroxyl groups excluding tert-OH is 1. The number of rotatable bonds is 4. The number of aromatic nitrogens is 2. The Morgan fingerprint density at radius 2 is 2.31 bits per heavy atom. The normalized spacial score (nSPS) is 16.6. The van der Waals surface area contributed by atoms with Crippen LogP contribution in [0.5, 0.6) is 0 Å². The van der Waals surface area contributed by atoms with E-state index < -0.39 is 0 Å². The highest BCUT2D eigenvalue weighted by molar-refractivity contribution is 5.76. The molecule has 0 unspecified atom stereocenters. The second-order valence-corrected chi connectivity index (χ2v) is 4.18. The maximum absolute atomic E-state index is 11.7. The molecule has 0 spiro atoms. The van der Waals surface area contributed by atoms with E-state index in [2.05, 4.69) is 10.3 Å². The minimum atomic E-state index is -0.135. The van der Waals surface area contributed by atoms with Crippen molar-refractivity contribution in [2.45, 2.75) is 44.9 Å². The average molecular weight is 223 g/mol. The number of hydrogen-bond donors (Lipinski definition) is 2. The predicted molar refractivity (Wildman–Crippen MR) is 58.5 cm³/mol. The molecule has 0 aromatic carbocycles. The van der Waals surface area contributed by atoms with Crippen LogP contribution in [0.3, 0.4) is 0 Å². The highest BCUT2D eigenvalue weighted by Gasteiger charge is 2.17. The lowest BCUT2D eigenvalue weighted by atomic mass is 10.2. The number of amides is 1. The van der Waals surface area contributed by atoms with Crippen molar-refractivity contribution < 1.29 is 9.90 Å². The highest BCUT2D eigenvalue weighted by atomic mass is 16.3. The molecule has 1 aromatic heterocycles. The van der Waals surface area contributed by atoms with Crippen molar-refractivity contribution >= 4 is 5.91 Å². The molecule has 1 fully saturated rings. The van der Waals surface area contributed by atoms with Crippen molar-refractivity contribution in [3.63, 3.8) is 0 Å². The van der Waals surface area contributed by atoms with Crippen LogP contribution in [-0.2, 0) is 17.9 Å². The summed E-state index contributed by atoms with van der Waals surface area (Å²) in [7, 11) is 0. The Labute approximate surface area is 94.5 Å². The van der Waals surface area contributed by atoms with Crippen molar-refractivity contribution in [1.82, 2.24) is 14.9 Å². The average Bonchev–Trinajstić information content (AvgIpc) is 2.88. The number of nitrogens with zero attached hydrogens (tertiary/aromatic N) is 2. The third-order valence-electron chi connectivity index (χ3n) is 2.98. The Morgan fingerprint density at radius 1 is 1.56 bits per heavy atom. The quantitative estimate of drug-likeness (QED) is 0.778. The van der Waals surface area contributed by atoms with Gasteiger partial charge in [0.15, 0.2) is 0 Å². The van der Waals surface area contributed by atoms with E-state index in [-0.39, 0.29) is 19.1 Å². The van der Waals surface area contributed by atoms with E-state index in [1.165, 1.54) is 12.8 Å². The van der Waals surface area contributed by atoms with Crippen molar-refractivity contribution in [1.29, 1.82) is 0 Å². The van der Waals surface area contributed by atoms with Crippen LogP contribution < -0.4 is 5.32 Å². The van der Waals surface area contributed by atoms with Gasteiger partial charge in [0.25, 0.3) is 0 Å². The lowest BCUT2D eigenvalue weighted by molar-refractivity contribution is -0.122. The summed E-state index contributed by atoms with van der Waals surface area (Å²) >= 11 is 0. The van der Waals surface area contributed by atoms with E-state index in [0.29, 0.717) is 11.9 Å². The van der Waals surface area contributed by atoms with Crippen molar-refractivity contribution in [3.05, 3.63) is 18.2 Å². The Morgan fingerprint density at radius 3 is 3.00 bits per heavy atom. The molecule has 1 saturated carbocycles. The van der Waals surface area contributed by atoms with Crippen LogP contribution >= 0.6 is 0 Å². The monoisotopic (exact) mass is 223 g/mol. The first kappa shape index (κ1) is 11.1. The smallest absolute Gasteiger partial charge is 0.240 e.